The Morgan fingerprint density at radius 3 is 2.48 bits per heavy atom. The van der Waals surface area contributed by atoms with E-state index in [0.717, 1.165) is 37.0 Å². The topological polar surface area (TPSA) is 46.6 Å². The fourth-order valence-corrected chi connectivity index (χ4v) is 9.06. The second-order valence-electron chi connectivity index (χ2n) is 11.8. The molecule has 3 saturated carbocycles. The van der Waals surface area contributed by atoms with Crippen LogP contribution in [0.15, 0.2) is 0 Å². The second-order valence-corrected chi connectivity index (χ2v) is 13.3. The van der Waals surface area contributed by atoms with Gasteiger partial charge in [0.2, 0.25) is 5.91 Å². The molecule has 31 heavy (non-hydrogen) atoms. The van der Waals surface area contributed by atoms with Gasteiger partial charge in [0, 0.05) is 25.4 Å². The van der Waals surface area contributed by atoms with Crippen LogP contribution in [0.3, 0.4) is 0 Å². The van der Waals surface area contributed by atoms with E-state index in [1.807, 2.05) is 7.05 Å². The van der Waals surface area contributed by atoms with E-state index in [4.69, 9.17) is 4.74 Å². The normalized spacial score (nSPS) is 43.3. The first kappa shape index (κ1) is 23.4. The number of likely N-dealkylation sites (tertiary alicyclic amines) is 1. The monoisotopic (exact) mass is 449 g/mol. The molecule has 0 aromatic heterocycles. The Morgan fingerprint density at radius 2 is 1.77 bits per heavy atom. The smallest absolute Gasteiger partial charge is 0.316 e. The van der Waals surface area contributed by atoms with Crippen molar-refractivity contribution in [2.24, 2.45) is 34.5 Å². The van der Waals surface area contributed by atoms with Crippen molar-refractivity contribution in [2.75, 3.05) is 12.8 Å². The number of ether oxygens (including phenoxy) is 1. The van der Waals surface area contributed by atoms with Crippen LogP contribution in [-0.4, -0.2) is 47.0 Å². The lowest BCUT2D eigenvalue weighted by molar-refractivity contribution is -0.163. The van der Waals surface area contributed by atoms with Gasteiger partial charge in [-0.3, -0.25) is 9.59 Å². The van der Waals surface area contributed by atoms with Crippen LogP contribution in [0.5, 0.6) is 0 Å². The van der Waals surface area contributed by atoms with E-state index in [1.165, 1.54) is 32.1 Å². The van der Waals surface area contributed by atoms with E-state index in [9.17, 15) is 9.59 Å². The molecule has 3 aliphatic carbocycles. The molecular formula is C26H43NO3S. The summed E-state index contributed by atoms with van der Waals surface area (Å²) >= 11 is 1.67. The standard InChI is InChI=1S/C26H43NO3S/c1-16(2)31-15-24(29)30-17(3)19-8-9-20-18-7-10-22-26(5,14-12-23(28)27(22)6)21(18)11-13-25(19,20)4/h16-22H,7-15H2,1-6H3/t17?,18-,19+,20-,21-,22+,25+,26+/m0/s1. The van der Waals surface area contributed by atoms with Crippen LogP contribution in [0.25, 0.3) is 0 Å². The molecule has 4 fully saturated rings. The summed E-state index contributed by atoms with van der Waals surface area (Å²) in [5.41, 5.74) is 0.558. The van der Waals surface area contributed by atoms with Gasteiger partial charge >= 0.3 is 5.97 Å². The van der Waals surface area contributed by atoms with Crippen LogP contribution in [-0.2, 0) is 14.3 Å². The highest BCUT2D eigenvalue weighted by Crippen LogP contribution is 2.66. The molecule has 176 valence electrons. The Kier molecular flexibility index (Phi) is 6.48. The van der Waals surface area contributed by atoms with Gasteiger partial charge in [-0.25, -0.2) is 0 Å². The highest BCUT2D eigenvalue weighted by atomic mass is 32.2. The first-order chi connectivity index (χ1) is 14.6. The number of piperidine rings is 1. The lowest BCUT2D eigenvalue weighted by Gasteiger charge is -2.62. The summed E-state index contributed by atoms with van der Waals surface area (Å²) in [6, 6.07) is 0.426. The number of carbonyl (C=O) groups is 2. The quantitative estimate of drug-likeness (QED) is 0.517. The van der Waals surface area contributed by atoms with Crippen molar-refractivity contribution in [3.05, 3.63) is 0 Å². The summed E-state index contributed by atoms with van der Waals surface area (Å²) in [6.07, 6.45) is 9.20. The van der Waals surface area contributed by atoms with E-state index in [1.54, 1.807) is 11.8 Å². The number of esters is 1. The molecule has 0 aromatic rings. The fourth-order valence-electron chi connectivity index (χ4n) is 8.52. The van der Waals surface area contributed by atoms with Crippen LogP contribution in [0, 0.1) is 34.5 Å². The lowest BCUT2D eigenvalue weighted by atomic mass is 9.46. The Balaban J connectivity index is 1.46. The molecule has 4 rings (SSSR count). The minimum absolute atomic E-state index is 0.0113. The number of hydrogen-bond donors (Lipinski definition) is 0. The molecule has 1 saturated heterocycles. The van der Waals surface area contributed by atoms with Crippen molar-refractivity contribution in [1.29, 1.82) is 0 Å². The van der Waals surface area contributed by atoms with Crippen molar-refractivity contribution >= 4 is 23.6 Å². The molecule has 4 aliphatic rings. The zero-order chi connectivity index (χ0) is 22.6. The van der Waals surface area contributed by atoms with Crippen LogP contribution in [0.1, 0.15) is 86.0 Å². The van der Waals surface area contributed by atoms with E-state index >= 15 is 0 Å². The summed E-state index contributed by atoms with van der Waals surface area (Å²) in [5.74, 6) is 3.48. The SMILES string of the molecule is CC(C)SCC(=O)OC(C)[C@H]1CC[C@H]2[C@@H]3CC[C@H]4N(C)C(=O)CC[C@]4(C)[C@H]3CC[C@]12C. The van der Waals surface area contributed by atoms with E-state index in [-0.39, 0.29) is 22.9 Å². The van der Waals surface area contributed by atoms with Gasteiger partial charge in [-0.15, -0.1) is 11.8 Å². The fraction of sp³-hybridized carbons (Fsp3) is 0.923. The third kappa shape index (κ3) is 3.95. The van der Waals surface area contributed by atoms with Crippen LogP contribution >= 0.6 is 11.8 Å². The van der Waals surface area contributed by atoms with Gasteiger partial charge in [0.05, 0.1) is 5.75 Å². The maximum Gasteiger partial charge on any atom is 0.316 e. The molecule has 5 heteroatoms. The maximum atomic E-state index is 12.4. The predicted octanol–water partition coefficient (Wildman–Crippen LogP) is 5.54. The Bertz CT molecular complexity index is 711. The number of thioether (sulfide) groups is 1. The number of amides is 1. The van der Waals surface area contributed by atoms with Gasteiger partial charge in [-0.05, 0) is 85.7 Å². The Hall–Kier alpha value is -0.710. The third-order valence-electron chi connectivity index (χ3n) is 10.0. The van der Waals surface area contributed by atoms with Crippen LogP contribution in [0.4, 0.5) is 0 Å². The molecule has 0 aromatic carbocycles. The van der Waals surface area contributed by atoms with Crippen molar-refractivity contribution in [2.45, 2.75) is 103 Å². The molecule has 1 heterocycles. The molecule has 0 N–H and O–H groups in total. The summed E-state index contributed by atoms with van der Waals surface area (Å²) in [6.45, 7) is 11.4. The number of nitrogens with zero attached hydrogens (tertiary/aromatic N) is 1. The molecule has 0 bridgehead atoms. The summed E-state index contributed by atoms with van der Waals surface area (Å²) < 4.78 is 5.96. The number of carbonyl (C=O) groups excluding carboxylic acids is 2. The second kappa shape index (κ2) is 8.57. The number of fused-ring (bicyclic) bond motifs is 5. The lowest BCUT2D eigenvalue weighted by Crippen LogP contribution is -2.61. The van der Waals surface area contributed by atoms with Gasteiger partial charge in [-0.1, -0.05) is 27.7 Å². The minimum Gasteiger partial charge on any atom is -0.462 e. The zero-order valence-corrected chi connectivity index (χ0v) is 21.3. The molecule has 1 aliphatic heterocycles. The Labute approximate surface area is 193 Å². The highest BCUT2D eigenvalue weighted by Gasteiger charge is 2.61. The van der Waals surface area contributed by atoms with Gasteiger partial charge < -0.3 is 9.64 Å². The molecule has 1 unspecified atom stereocenters. The van der Waals surface area contributed by atoms with Crippen LogP contribution in [0.2, 0.25) is 0 Å². The van der Waals surface area contributed by atoms with Gasteiger partial charge in [-0.2, -0.15) is 0 Å². The van der Waals surface area contributed by atoms with E-state index in [2.05, 4.69) is 39.5 Å². The van der Waals surface area contributed by atoms with E-state index in [0.29, 0.717) is 28.9 Å². The van der Waals surface area contributed by atoms with Crippen molar-refractivity contribution in [3.63, 3.8) is 0 Å². The molecular weight excluding hydrogens is 406 g/mol. The summed E-state index contributed by atoms with van der Waals surface area (Å²) in [5, 5.41) is 0.456. The molecule has 0 spiro atoms. The van der Waals surface area contributed by atoms with Crippen molar-refractivity contribution < 1.29 is 14.3 Å². The van der Waals surface area contributed by atoms with E-state index < -0.39 is 0 Å². The van der Waals surface area contributed by atoms with Crippen molar-refractivity contribution in [3.8, 4) is 0 Å². The molecule has 0 radical (unpaired) electrons. The average molecular weight is 450 g/mol. The first-order valence-electron chi connectivity index (χ1n) is 12.6. The van der Waals surface area contributed by atoms with Crippen LogP contribution < -0.4 is 0 Å². The first-order valence-corrected chi connectivity index (χ1v) is 13.7. The number of rotatable bonds is 5. The highest BCUT2D eigenvalue weighted by molar-refractivity contribution is 8.00. The molecule has 1 amide bonds. The maximum absolute atomic E-state index is 12.4. The van der Waals surface area contributed by atoms with Crippen molar-refractivity contribution in [1.82, 2.24) is 4.90 Å². The van der Waals surface area contributed by atoms with Gasteiger partial charge in [0.25, 0.3) is 0 Å². The average Bonchev–Trinajstić information content (AvgIpc) is 3.07. The molecule has 8 atom stereocenters. The number of hydrogen-bond acceptors (Lipinski definition) is 4. The Morgan fingerprint density at radius 1 is 1.06 bits per heavy atom. The zero-order valence-electron chi connectivity index (χ0n) is 20.5. The largest absolute Gasteiger partial charge is 0.462 e. The minimum atomic E-state index is -0.0464. The third-order valence-corrected chi connectivity index (χ3v) is 11.1. The summed E-state index contributed by atoms with van der Waals surface area (Å²) in [7, 11) is 2.04. The van der Waals surface area contributed by atoms with Gasteiger partial charge in [0.15, 0.2) is 0 Å². The predicted molar refractivity (Wildman–Crippen MR) is 127 cm³/mol. The molecule has 4 nitrogen and oxygen atoms in total. The summed E-state index contributed by atoms with van der Waals surface area (Å²) in [4.78, 5) is 26.8. The van der Waals surface area contributed by atoms with Gasteiger partial charge in [0.1, 0.15) is 6.10 Å².